The van der Waals surface area contributed by atoms with Crippen LogP contribution in [0.5, 0.6) is 0 Å². The molecule has 0 atom stereocenters. The molecule has 0 spiro atoms. The number of allylic oxidation sites excluding steroid dienone is 16. The van der Waals surface area contributed by atoms with Gasteiger partial charge in [-0.3, -0.25) is 0 Å². The zero-order valence-electron chi connectivity index (χ0n) is 30.3. The summed E-state index contributed by atoms with van der Waals surface area (Å²) in [5.41, 5.74) is 6.51. The summed E-state index contributed by atoms with van der Waals surface area (Å²) in [6, 6.07) is 0. The van der Waals surface area contributed by atoms with Crippen LogP contribution in [0.3, 0.4) is 0 Å². The minimum atomic E-state index is -1.83. The number of unbranched alkanes of at least 4 members (excludes halogenated alkanes) is 4. The predicted octanol–water partition coefficient (Wildman–Crippen LogP) is 14.1. The Morgan fingerprint density at radius 1 is 0.435 bits per heavy atom. The fourth-order valence-corrected chi connectivity index (χ4v) is 25.8. The second kappa shape index (κ2) is 25.9. The van der Waals surface area contributed by atoms with Crippen LogP contribution in [0.15, 0.2) is 84.2 Å². The summed E-state index contributed by atoms with van der Waals surface area (Å²) in [6.07, 6.45) is 43.8. The Kier molecular flexibility index (Phi) is 24.8. The van der Waals surface area contributed by atoms with Crippen LogP contribution in [0.2, 0.25) is 0 Å². The van der Waals surface area contributed by atoms with E-state index in [9.17, 15) is 0 Å². The maximum atomic E-state index is 2.73. The van der Waals surface area contributed by atoms with E-state index in [4.69, 9.17) is 0 Å². The van der Waals surface area contributed by atoms with Crippen molar-refractivity contribution >= 4 is 32.3 Å². The van der Waals surface area contributed by atoms with Crippen LogP contribution in [-0.4, -0.2) is 7.52 Å². The second-order valence-corrected chi connectivity index (χ2v) is 31.2. The van der Waals surface area contributed by atoms with Gasteiger partial charge >= 0.3 is 291 Å². The number of rotatable bonds is 18. The van der Waals surface area contributed by atoms with Gasteiger partial charge in [-0.25, -0.2) is 0 Å². The maximum Gasteiger partial charge on any atom is -0.147 e. The molecular formula is C42H66Cl2Hf2. The summed E-state index contributed by atoms with van der Waals surface area (Å²) < 4.78 is 12.8. The molecule has 0 nitrogen and oxygen atoms in total. The molecule has 0 aliphatic heterocycles. The normalized spacial score (nSPS) is 16.3. The zero-order valence-corrected chi connectivity index (χ0v) is 39.1. The van der Waals surface area contributed by atoms with E-state index < -0.39 is 41.9 Å². The average molecular weight is 999 g/mol. The third kappa shape index (κ3) is 14.8. The molecule has 256 valence electrons. The summed E-state index contributed by atoms with van der Waals surface area (Å²) in [6.45, 7) is 13.8. The van der Waals surface area contributed by atoms with Crippen LogP contribution in [0, 0.1) is 0 Å². The first kappa shape index (κ1) is 44.0. The summed E-state index contributed by atoms with van der Waals surface area (Å²) >= 11 is -3.66. The molecule has 0 aromatic rings. The molecular weight excluding hydrogens is 932 g/mol. The molecule has 0 saturated heterocycles. The maximum absolute atomic E-state index is 2.73. The quantitative estimate of drug-likeness (QED) is 0.120. The summed E-state index contributed by atoms with van der Waals surface area (Å²) in [4.78, 5) is 0. The van der Waals surface area contributed by atoms with Crippen LogP contribution >= 0.6 is 24.8 Å². The first-order valence-electron chi connectivity index (χ1n) is 18.6. The van der Waals surface area contributed by atoms with Crippen molar-refractivity contribution in [1.82, 2.24) is 0 Å². The van der Waals surface area contributed by atoms with E-state index >= 15 is 0 Å². The van der Waals surface area contributed by atoms with E-state index in [1.165, 1.54) is 116 Å². The Morgan fingerprint density at radius 2 is 0.674 bits per heavy atom. The van der Waals surface area contributed by atoms with Crippen LogP contribution < -0.4 is 0 Å². The molecule has 0 bridgehead atoms. The van der Waals surface area contributed by atoms with Crippen molar-refractivity contribution < 1.29 is 41.9 Å². The van der Waals surface area contributed by atoms with Gasteiger partial charge in [0.1, 0.15) is 0 Å². The number of hydrogen-bond acceptors (Lipinski definition) is 0. The van der Waals surface area contributed by atoms with Crippen molar-refractivity contribution in [2.24, 2.45) is 0 Å². The molecule has 0 radical (unpaired) electrons. The van der Waals surface area contributed by atoms with Gasteiger partial charge in [0.05, 0.1) is 0 Å². The Balaban J connectivity index is 0.000000441. The third-order valence-electron chi connectivity index (χ3n) is 9.25. The zero-order chi connectivity index (χ0) is 31.6. The van der Waals surface area contributed by atoms with E-state index in [1.807, 2.05) is 13.3 Å². The standard InChI is InChI=1S/4C9H13.2C3H6.2ClH.2Hf/c4*1-2-3-6-9-7-4-5-8-9;2*1-3-2;;;;/h4*7-8H,2-4,6H2,1H3;2*1H,3H2,2H3;2*1H;;. The van der Waals surface area contributed by atoms with E-state index in [1.54, 1.807) is 22.3 Å². The molecule has 4 aliphatic carbocycles. The van der Waals surface area contributed by atoms with E-state index in [-0.39, 0.29) is 24.8 Å². The van der Waals surface area contributed by atoms with Crippen LogP contribution in [0.25, 0.3) is 0 Å². The van der Waals surface area contributed by atoms with Crippen molar-refractivity contribution in [3.63, 3.8) is 0 Å². The molecule has 0 unspecified atom stereocenters. The Bertz CT molecular complexity index is 1070. The summed E-state index contributed by atoms with van der Waals surface area (Å²) in [5, 5.41) is 0. The number of halogens is 2. The van der Waals surface area contributed by atoms with E-state index in [0.29, 0.717) is 0 Å². The van der Waals surface area contributed by atoms with E-state index in [0.717, 1.165) is 0 Å². The van der Waals surface area contributed by atoms with Gasteiger partial charge in [0.25, 0.3) is 0 Å². The molecule has 0 saturated carbocycles. The van der Waals surface area contributed by atoms with Gasteiger partial charge in [0.2, 0.25) is 0 Å². The average Bonchev–Trinajstić information content (AvgIpc) is 3.87. The predicted molar refractivity (Wildman–Crippen MR) is 208 cm³/mol. The molecule has 0 aromatic heterocycles. The van der Waals surface area contributed by atoms with Crippen molar-refractivity contribution in [1.29, 1.82) is 0 Å². The van der Waals surface area contributed by atoms with Crippen molar-refractivity contribution in [3.8, 4) is 0 Å². The van der Waals surface area contributed by atoms with Gasteiger partial charge in [-0.05, 0) is 0 Å². The van der Waals surface area contributed by atoms with Crippen LogP contribution in [0.4, 0.5) is 0 Å². The van der Waals surface area contributed by atoms with Crippen molar-refractivity contribution in [2.45, 2.75) is 157 Å². The van der Waals surface area contributed by atoms with Gasteiger partial charge in [0.15, 0.2) is 0 Å². The third-order valence-corrected chi connectivity index (χ3v) is 30.1. The molecule has 46 heavy (non-hydrogen) atoms. The molecule has 0 N–H and O–H groups in total. The minimum Gasteiger partial charge on any atom is -0.147 e. The molecule has 0 amide bonds. The van der Waals surface area contributed by atoms with Gasteiger partial charge in [-0.1, -0.05) is 0 Å². The van der Waals surface area contributed by atoms with Crippen LogP contribution in [0.1, 0.15) is 157 Å². The largest absolute Gasteiger partial charge is 0.147 e. The number of hydrogen-bond donors (Lipinski definition) is 0. The molecule has 4 heteroatoms. The van der Waals surface area contributed by atoms with Gasteiger partial charge in [-0.15, -0.1) is 24.8 Å². The molecule has 4 rings (SSSR count). The Hall–Kier alpha value is -0.0197. The minimum absolute atomic E-state index is 0. The van der Waals surface area contributed by atoms with Gasteiger partial charge in [0, 0.05) is 0 Å². The fraction of sp³-hybridized carbons (Fsp3) is 0.571. The summed E-state index contributed by atoms with van der Waals surface area (Å²) in [5.74, 6) is 0. The Morgan fingerprint density at radius 3 is 0.870 bits per heavy atom. The molecule has 0 aromatic carbocycles. The fourth-order valence-electron chi connectivity index (χ4n) is 6.65. The van der Waals surface area contributed by atoms with Crippen molar-refractivity contribution in [3.05, 3.63) is 84.2 Å². The first-order valence-corrected chi connectivity index (χ1v) is 29.9. The smallest absolute Gasteiger partial charge is 0.147 e. The Labute approximate surface area is 312 Å². The van der Waals surface area contributed by atoms with Crippen molar-refractivity contribution in [2.75, 3.05) is 0 Å². The molecule has 0 heterocycles. The first-order chi connectivity index (χ1) is 21.6. The van der Waals surface area contributed by atoms with E-state index in [2.05, 4.69) is 97.7 Å². The molecule has 0 fully saturated rings. The van der Waals surface area contributed by atoms with Gasteiger partial charge < -0.3 is 0 Å². The molecule has 4 aliphatic rings. The summed E-state index contributed by atoms with van der Waals surface area (Å²) in [7, 11) is 0. The second-order valence-electron chi connectivity index (χ2n) is 13.1. The SMILES string of the molecule is CC[CH]=[Hf]([C]1=CC(CCCC)=CC1)[C]1=CC(CCCC)=CC1.CC[CH]=[Hf]([C]1=CC(CCCC)=CC1)[C]1=CC(CCCC)=CC1.Cl.Cl. The topological polar surface area (TPSA) is 0 Å². The van der Waals surface area contributed by atoms with Gasteiger partial charge in [-0.2, -0.15) is 0 Å². The monoisotopic (exact) mass is 1000 g/mol. The van der Waals surface area contributed by atoms with Crippen LogP contribution in [-0.2, 0) is 41.9 Å².